The van der Waals surface area contributed by atoms with E-state index in [0.29, 0.717) is 17.1 Å². The summed E-state index contributed by atoms with van der Waals surface area (Å²) >= 11 is 0. The second-order valence-corrected chi connectivity index (χ2v) is 3.90. The van der Waals surface area contributed by atoms with Gasteiger partial charge in [-0.2, -0.15) is 5.10 Å². The van der Waals surface area contributed by atoms with E-state index >= 15 is 0 Å². The second-order valence-electron chi connectivity index (χ2n) is 3.90. The van der Waals surface area contributed by atoms with Gasteiger partial charge in [0.25, 0.3) is 5.88 Å². The molecule has 0 spiro atoms. The summed E-state index contributed by atoms with van der Waals surface area (Å²) in [4.78, 5) is 4.27. The molecule has 0 aromatic carbocycles. The first-order valence-corrected chi connectivity index (χ1v) is 5.20. The van der Waals surface area contributed by atoms with Gasteiger partial charge in [0.15, 0.2) is 0 Å². The van der Waals surface area contributed by atoms with Crippen LogP contribution in [0.25, 0.3) is 16.9 Å². The van der Waals surface area contributed by atoms with Crippen molar-refractivity contribution in [3.8, 4) is 5.88 Å². The Morgan fingerprint density at radius 3 is 2.76 bits per heavy atom. The van der Waals surface area contributed by atoms with E-state index in [1.807, 2.05) is 19.9 Å². The molecular weight excluding hydrogens is 218 g/mol. The average molecular weight is 229 g/mol. The van der Waals surface area contributed by atoms with E-state index in [1.54, 1.807) is 16.9 Å². The summed E-state index contributed by atoms with van der Waals surface area (Å²) < 4.78 is 6.84. The summed E-state index contributed by atoms with van der Waals surface area (Å²) in [5.74, 6) is 0.567. The molecule has 6 nitrogen and oxygen atoms in total. The zero-order valence-corrected chi connectivity index (χ0v) is 9.51. The van der Waals surface area contributed by atoms with Crippen molar-refractivity contribution in [2.45, 2.75) is 13.8 Å². The molecule has 0 bridgehead atoms. The Morgan fingerprint density at radius 2 is 2.12 bits per heavy atom. The molecule has 6 heteroatoms. The minimum absolute atomic E-state index is 0.567. The quantitative estimate of drug-likeness (QED) is 0.685. The third-order valence-electron chi connectivity index (χ3n) is 2.64. The maximum absolute atomic E-state index is 5.86. The van der Waals surface area contributed by atoms with Crippen LogP contribution < -0.4 is 5.73 Å². The summed E-state index contributed by atoms with van der Waals surface area (Å²) in [7, 11) is 0. The van der Waals surface area contributed by atoms with E-state index in [2.05, 4.69) is 15.2 Å². The molecule has 2 N–H and O–H groups in total. The normalized spacial score (nSPS) is 11.2. The Balaban J connectivity index is 2.31. The fourth-order valence-corrected chi connectivity index (χ4v) is 1.78. The standard InChI is InChI=1S/C11H11N5O/c1-6-5-9(17-15-6)16-7(2)10-11(14-16)8(12)3-4-13-10/h3-5H,12H2,1-2H3. The first-order valence-electron chi connectivity index (χ1n) is 5.20. The van der Waals surface area contributed by atoms with E-state index in [9.17, 15) is 0 Å². The number of aromatic nitrogens is 4. The smallest absolute Gasteiger partial charge is 0.252 e. The average Bonchev–Trinajstić information content (AvgIpc) is 2.85. The van der Waals surface area contributed by atoms with Crippen LogP contribution in [0.15, 0.2) is 22.9 Å². The molecule has 0 radical (unpaired) electrons. The summed E-state index contributed by atoms with van der Waals surface area (Å²) in [6.45, 7) is 3.78. The monoisotopic (exact) mass is 229 g/mol. The lowest BCUT2D eigenvalue weighted by molar-refractivity contribution is 0.393. The molecule has 3 aromatic heterocycles. The molecule has 0 fully saturated rings. The zero-order valence-electron chi connectivity index (χ0n) is 9.51. The largest absolute Gasteiger partial charge is 0.397 e. The molecule has 3 rings (SSSR count). The first-order chi connectivity index (χ1) is 8.16. The zero-order chi connectivity index (χ0) is 12.0. The Bertz CT molecular complexity index is 697. The molecule has 3 aromatic rings. The highest BCUT2D eigenvalue weighted by atomic mass is 16.5. The number of aryl methyl sites for hydroxylation is 2. The predicted octanol–water partition coefficient (Wildman–Crippen LogP) is 1.61. The molecule has 0 amide bonds. The SMILES string of the molecule is Cc1cc(-n2nc3c(N)ccnc3c2C)on1. The van der Waals surface area contributed by atoms with Crippen molar-refractivity contribution in [2.24, 2.45) is 0 Å². The van der Waals surface area contributed by atoms with Crippen molar-refractivity contribution in [3.63, 3.8) is 0 Å². The van der Waals surface area contributed by atoms with Crippen molar-refractivity contribution in [1.29, 1.82) is 0 Å². The highest BCUT2D eigenvalue weighted by molar-refractivity contribution is 5.87. The molecule has 3 heterocycles. The minimum atomic E-state index is 0.567. The van der Waals surface area contributed by atoms with E-state index in [1.165, 1.54) is 0 Å². The molecule has 0 aliphatic heterocycles. The Hall–Kier alpha value is -2.37. The van der Waals surface area contributed by atoms with Gasteiger partial charge in [-0.3, -0.25) is 4.98 Å². The van der Waals surface area contributed by atoms with Crippen LogP contribution in [-0.2, 0) is 0 Å². The molecule has 0 aliphatic rings. The number of nitrogen functional groups attached to an aromatic ring is 1. The predicted molar refractivity (Wildman–Crippen MR) is 62.8 cm³/mol. The number of hydrogen-bond donors (Lipinski definition) is 1. The van der Waals surface area contributed by atoms with Gasteiger partial charge in [-0.15, -0.1) is 0 Å². The molecule has 0 aliphatic carbocycles. The van der Waals surface area contributed by atoms with Gasteiger partial charge in [0.1, 0.15) is 11.0 Å². The summed E-state index contributed by atoms with van der Waals surface area (Å²) in [6, 6.07) is 3.54. The molecule has 0 saturated carbocycles. The molecule has 0 saturated heterocycles. The maximum Gasteiger partial charge on any atom is 0.252 e. The van der Waals surface area contributed by atoms with Crippen LogP contribution in [0, 0.1) is 13.8 Å². The number of hydrogen-bond acceptors (Lipinski definition) is 5. The van der Waals surface area contributed by atoms with Gasteiger partial charge < -0.3 is 10.3 Å². The lowest BCUT2D eigenvalue weighted by Crippen LogP contribution is -1.96. The van der Waals surface area contributed by atoms with Gasteiger partial charge in [-0.1, -0.05) is 5.16 Å². The number of nitrogens with two attached hydrogens (primary N) is 1. The van der Waals surface area contributed by atoms with E-state index in [-0.39, 0.29) is 0 Å². The third-order valence-corrected chi connectivity index (χ3v) is 2.64. The van der Waals surface area contributed by atoms with Gasteiger partial charge in [-0.25, -0.2) is 4.68 Å². The van der Waals surface area contributed by atoms with Gasteiger partial charge in [0, 0.05) is 12.3 Å². The topological polar surface area (TPSA) is 82.8 Å². The summed E-state index contributed by atoms with van der Waals surface area (Å²) in [5, 5.41) is 8.23. The number of anilines is 1. The second kappa shape index (κ2) is 3.31. The van der Waals surface area contributed by atoms with Crippen LogP contribution in [0.1, 0.15) is 11.4 Å². The lowest BCUT2D eigenvalue weighted by atomic mass is 10.3. The lowest BCUT2D eigenvalue weighted by Gasteiger charge is -1.95. The first kappa shape index (κ1) is 9.83. The van der Waals surface area contributed by atoms with Crippen molar-refractivity contribution < 1.29 is 4.52 Å². The minimum Gasteiger partial charge on any atom is -0.397 e. The summed E-state index contributed by atoms with van der Waals surface area (Å²) in [6.07, 6.45) is 1.67. The van der Waals surface area contributed by atoms with Gasteiger partial charge in [0.05, 0.1) is 17.1 Å². The van der Waals surface area contributed by atoms with Crippen LogP contribution in [0.2, 0.25) is 0 Å². The highest BCUT2D eigenvalue weighted by Gasteiger charge is 2.14. The number of nitrogens with zero attached hydrogens (tertiary/aromatic N) is 4. The number of rotatable bonds is 1. The van der Waals surface area contributed by atoms with Gasteiger partial charge >= 0.3 is 0 Å². The Morgan fingerprint density at radius 1 is 1.29 bits per heavy atom. The van der Waals surface area contributed by atoms with Crippen LogP contribution in [0.3, 0.4) is 0 Å². The highest BCUT2D eigenvalue weighted by Crippen LogP contribution is 2.23. The fourth-order valence-electron chi connectivity index (χ4n) is 1.78. The van der Waals surface area contributed by atoms with Crippen LogP contribution in [0.4, 0.5) is 5.69 Å². The maximum atomic E-state index is 5.86. The molecule has 86 valence electrons. The van der Waals surface area contributed by atoms with E-state index in [4.69, 9.17) is 10.3 Å². The van der Waals surface area contributed by atoms with Crippen LogP contribution in [0.5, 0.6) is 0 Å². The van der Waals surface area contributed by atoms with Crippen molar-refractivity contribution in [2.75, 3.05) is 5.73 Å². The Kier molecular flexibility index (Phi) is 1.91. The molecular formula is C11H11N5O. The van der Waals surface area contributed by atoms with E-state index < -0.39 is 0 Å². The molecule has 17 heavy (non-hydrogen) atoms. The Labute approximate surface area is 97.0 Å². The van der Waals surface area contributed by atoms with Crippen molar-refractivity contribution in [3.05, 3.63) is 29.7 Å². The van der Waals surface area contributed by atoms with Gasteiger partial charge in [0.2, 0.25) is 0 Å². The fraction of sp³-hybridized carbons (Fsp3) is 0.182. The summed E-state index contributed by atoms with van der Waals surface area (Å²) in [5.41, 5.74) is 9.60. The van der Waals surface area contributed by atoms with Crippen LogP contribution in [-0.4, -0.2) is 19.9 Å². The van der Waals surface area contributed by atoms with Crippen molar-refractivity contribution in [1.82, 2.24) is 19.9 Å². The van der Waals surface area contributed by atoms with Crippen molar-refractivity contribution >= 4 is 16.7 Å². The van der Waals surface area contributed by atoms with Crippen LogP contribution >= 0.6 is 0 Å². The third kappa shape index (κ3) is 1.37. The number of pyridine rings is 1. The molecule has 0 unspecified atom stereocenters. The van der Waals surface area contributed by atoms with Gasteiger partial charge in [-0.05, 0) is 19.9 Å². The number of fused-ring (bicyclic) bond motifs is 1. The van der Waals surface area contributed by atoms with E-state index in [0.717, 1.165) is 16.9 Å². The molecule has 0 atom stereocenters.